The lowest BCUT2D eigenvalue weighted by Crippen LogP contribution is -2.02. The van der Waals surface area contributed by atoms with Crippen molar-refractivity contribution in [1.82, 2.24) is 0 Å². The molecule has 0 aliphatic heterocycles. The van der Waals surface area contributed by atoms with Crippen molar-refractivity contribution in [2.75, 3.05) is 13.2 Å². The maximum atomic E-state index is 11.0. The standard InChI is InChI=1S/C14H21NO4/c1-3-5-9-18-12-7-8-14(19-10-6-4-2)13(11-12)15(16)17/h7-8,11H,3-6,9-10H2,1-2H3. The van der Waals surface area contributed by atoms with Crippen LogP contribution in [0.25, 0.3) is 0 Å². The molecule has 0 amide bonds. The molecule has 0 aliphatic carbocycles. The van der Waals surface area contributed by atoms with Gasteiger partial charge in [0.05, 0.1) is 24.2 Å². The minimum absolute atomic E-state index is 0.0369. The number of nitro benzene ring substituents is 1. The third-order valence-electron chi connectivity index (χ3n) is 2.65. The molecule has 5 nitrogen and oxygen atoms in total. The van der Waals surface area contributed by atoms with Crippen LogP contribution in [0.4, 0.5) is 5.69 Å². The van der Waals surface area contributed by atoms with E-state index >= 15 is 0 Å². The summed E-state index contributed by atoms with van der Waals surface area (Å²) in [5, 5.41) is 11.0. The molecule has 0 fully saturated rings. The number of unbranched alkanes of at least 4 members (excludes halogenated alkanes) is 2. The molecule has 1 rings (SSSR count). The van der Waals surface area contributed by atoms with E-state index in [4.69, 9.17) is 9.47 Å². The van der Waals surface area contributed by atoms with E-state index in [9.17, 15) is 10.1 Å². The van der Waals surface area contributed by atoms with Gasteiger partial charge in [-0.1, -0.05) is 26.7 Å². The summed E-state index contributed by atoms with van der Waals surface area (Å²) in [7, 11) is 0. The molecule has 0 atom stereocenters. The first-order valence-electron chi connectivity index (χ1n) is 6.73. The summed E-state index contributed by atoms with van der Waals surface area (Å²) >= 11 is 0. The number of benzene rings is 1. The fraction of sp³-hybridized carbons (Fsp3) is 0.571. The van der Waals surface area contributed by atoms with Crippen molar-refractivity contribution in [1.29, 1.82) is 0 Å². The van der Waals surface area contributed by atoms with E-state index in [2.05, 4.69) is 6.92 Å². The van der Waals surface area contributed by atoms with E-state index in [1.165, 1.54) is 6.07 Å². The third-order valence-corrected chi connectivity index (χ3v) is 2.65. The van der Waals surface area contributed by atoms with Crippen molar-refractivity contribution < 1.29 is 14.4 Å². The lowest BCUT2D eigenvalue weighted by Gasteiger charge is -2.09. The largest absolute Gasteiger partial charge is 0.493 e. The van der Waals surface area contributed by atoms with Crippen LogP contribution >= 0.6 is 0 Å². The molecule has 0 saturated heterocycles. The van der Waals surface area contributed by atoms with Gasteiger partial charge in [0.15, 0.2) is 5.75 Å². The van der Waals surface area contributed by atoms with Crippen LogP contribution in [0.5, 0.6) is 11.5 Å². The van der Waals surface area contributed by atoms with E-state index in [0.717, 1.165) is 25.7 Å². The molecule has 19 heavy (non-hydrogen) atoms. The van der Waals surface area contributed by atoms with Gasteiger partial charge in [-0.15, -0.1) is 0 Å². The van der Waals surface area contributed by atoms with Gasteiger partial charge in [-0.3, -0.25) is 10.1 Å². The Kier molecular flexibility index (Phi) is 6.71. The molecule has 0 aliphatic rings. The van der Waals surface area contributed by atoms with Crippen LogP contribution in [0.2, 0.25) is 0 Å². The van der Waals surface area contributed by atoms with Crippen molar-refractivity contribution >= 4 is 5.69 Å². The van der Waals surface area contributed by atoms with Crippen molar-refractivity contribution in [3.05, 3.63) is 28.3 Å². The number of hydrogen-bond donors (Lipinski definition) is 0. The first-order chi connectivity index (χ1) is 9.19. The second-order valence-corrected chi connectivity index (χ2v) is 4.29. The highest BCUT2D eigenvalue weighted by molar-refractivity contribution is 5.50. The summed E-state index contributed by atoms with van der Waals surface area (Å²) < 4.78 is 10.9. The Morgan fingerprint density at radius 2 is 1.74 bits per heavy atom. The first kappa shape index (κ1) is 15.3. The predicted molar refractivity (Wildman–Crippen MR) is 73.9 cm³/mol. The molecule has 0 saturated carbocycles. The van der Waals surface area contributed by atoms with E-state index < -0.39 is 4.92 Å². The van der Waals surface area contributed by atoms with Gasteiger partial charge in [0, 0.05) is 0 Å². The first-order valence-corrected chi connectivity index (χ1v) is 6.73. The van der Waals surface area contributed by atoms with Crippen LogP contribution in [0.1, 0.15) is 39.5 Å². The van der Waals surface area contributed by atoms with Crippen LogP contribution in [-0.4, -0.2) is 18.1 Å². The SMILES string of the molecule is CCCCOc1ccc(OCCCC)c([N+](=O)[O-])c1. The Morgan fingerprint density at radius 3 is 2.32 bits per heavy atom. The van der Waals surface area contributed by atoms with Crippen molar-refractivity contribution in [3.8, 4) is 11.5 Å². The quantitative estimate of drug-likeness (QED) is 0.386. The highest BCUT2D eigenvalue weighted by atomic mass is 16.6. The van der Waals surface area contributed by atoms with Gasteiger partial charge in [-0.05, 0) is 25.0 Å². The average Bonchev–Trinajstić information content (AvgIpc) is 2.40. The van der Waals surface area contributed by atoms with Crippen molar-refractivity contribution in [3.63, 3.8) is 0 Å². The highest BCUT2D eigenvalue weighted by Crippen LogP contribution is 2.31. The summed E-state index contributed by atoms with van der Waals surface area (Å²) in [4.78, 5) is 10.6. The second kappa shape index (κ2) is 8.34. The van der Waals surface area contributed by atoms with E-state index in [1.54, 1.807) is 12.1 Å². The molecule has 0 heterocycles. The maximum absolute atomic E-state index is 11.0. The molecule has 0 N–H and O–H groups in total. The summed E-state index contributed by atoms with van der Waals surface area (Å²) in [6, 6.07) is 4.75. The molecular formula is C14H21NO4. The monoisotopic (exact) mass is 267 g/mol. The molecular weight excluding hydrogens is 246 g/mol. The van der Waals surface area contributed by atoms with Gasteiger partial charge in [-0.2, -0.15) is 0 Å². The summed E-state index contributed by atoms with van der Waals surface area (Å²) in [6.45, 7) is 5.18. The third kappa shape index (κ3) is 5.16. The van der Waals surface area contributed by atoms with Gasteiger partial charge in [0.2, 0.25) is 0 Å². The van der Waals surface area contributed by atoms with E-state index in [-0.39, 0.29) is 5.69 Å². The Morgan fingerprint density at radius 1 is 1.11 bits per heavy atom. The molecule has 1 aromatic carbocycles. The molecule has 0 unspecified atom stereocenters. The van der Waals surface area contributed by atoms with Crippen LogP contribution in [0, 0.1) is 10.1 Å². The maximum Gasteiger partial charge on any atom is 0.314 e. The topological polar surface area (TPSA) is 61.6 Å². The van der Waals surface area contributed by atoms with Gasteiger partial charge in [0.1, 0.15) is 5.75 Å². The highest BCUT2D eigenvalue weighted by Gasteiger charge is 2.16. The number of nitrogens with zero attached hydrogens (tertiary/aromatic N) is 1. The van der Waals surface area contributed by atoms with Crippen LogP contribution in [0.15, 0.2) is 18.2 Å². The van der Waals surface area contributed by atoms with E-state index in [1.807, 2.05) is 6.92 Å². The minimum Gasteiger partial charge on any atom is -0.493 e. The fourth-order valence-corrected chi connectivity index (χ4v) is 1.51. The normalized spacial score (nSPS) is 10.2. The molecule has 0 aromatic heterocycles. The van der Waals surface area contributed by atoms with Crippen LogP contribution in [0.3, 0.4) is 0 Å². The van der Waals surface area contributed by atoms with Crippen LogP contribution in [-0.2, 0) is 0 Å². The number of rotatable bonds is 9. The molecule has 0 radical (unpaired) electrons. The summed E-state index contributed by atoms with van der Waals surface area (Å²) in [6.07, 6.45) is 3.83. The predicted octanol–water partition coefficient (Wildman–Crippen LogP) is 3.95. The average molecular weight is 267 g/mol. The Labute approximate surface area is 113 Å². The van der Waals surface area contributed by atoms with E-state index in [0.29, 0.717) is 24.7 Å². The molecule has 0 spiro atoms. The fourth-order valence-electron chi connectivity index (χ4n) is 1.51. The zero-order valence-corrected chi connectivity index (χ0v) is 11.6. The Bertz CT molecular complexity index is 406. The lowest BCUT2D eigenvalue weighted by atomic mass is 10.2. The van der Waals surface area contributed by atoms with Crippen molar-refractivity contribution in [2.45, 2.75) is 39.5 Å². The zero-order chi connectivity index (χ0) is 14.1. The number of nitro groups is 1. The van der Waals surface area contributed by atoms with Gasteiger partial charge >= 0.3 is 5.69 Å². The van der Waals surface area contributed by atoms with Crippen LogP contribution < -0.4 is 9.47 Å². The van der Waals surface area contributed by atoms with Crippen molar-refractivity contribution in [2.24, 2.45) is 0 Å². The minimum atomic E-state index is -0.437. The Hall–Kier alpha value is -1.78. The molecule has 0 bridgehead atoms. The number of ether oxygens (including phenoxy) is 2. The summed E-state index contributed by atoms with van der Waals surface area (Å²) in [5.41, 5.74) is -0.0369. The smallest absolute Gasteiger partial charge is 0.314 e. The van der Waals surface area contributed by atoms with Gasteiger partial charge in [-0.25, -0.2) is 0 Å². The van der Waals surface area contributed by atoms with Gasteiger partial charge < -0.3 is 9.47 Å². The lowest BCUT2D eigenvalue weighted by molar-refractivity contribution is -0.385. The number of hydrogen-bond acceptors (Lipinski definition) is 4. The molecule has 106 valence electrons. The molecule has 5 heteroatoms. The second-order valence-electron chi connectivity index (χ2n) is 4.29. The summed E-state index contributed by atoms with van der Waals surface area (Å²) in [5.74, 6) is 0.823. The molecule has 1 aromatic rings. The van der Waals surface area contributed by atoms with Gasteiger partial charge in [0.25, 0.3) is 0 Å². The zero-order valence-electron chi connectivity index (χ0n) is 11.6. The Balaban J connectivity index is 2.73.